The first-order valence-corrected chi connectivity index (χ1v) is 5.11. The second-order valence-corrected chi connectivity index (χ2v) is 3.74. The monoisotopic (exact) mass is 232 g/mol. The Morgan fingerprint density at radius 2 is 2.24 bits per heavy atom. The molecule has 0 spiro atoms. The molecule has 1 aromatic heterocycles. The zero-order valence-corrected chi connectivity index (χ0v) is 9.30. The maximum absolute atomic E-state index is 10.8. The second-order valence-electron chi connectivity index (χ2n) is 3.74. The molecule has 3 N–H and O–H groups in total. The fraction of sp³-hybridized carbons (Fsp3) is 0.182. The summed E-state index contributed by atoms with van der Waals surface area (Å²) in [4.78, 5) is 10.4. The van der Waals surface area contributed by atoms with E-state index < -0.39 is 4.92 Å². The molecule has 0 aliphatic carbocycles. The number of H-pyrrole nitrogens is 1. The molecule has 0 aliphatic rings. The van der Waals surface area contributed by atoms with Crippen LogP contribution in [0.5, 0.6) is 0 Å². The molecule has 0 bridgehead atoms. The van der Waals surface area contributed by atoms with Crippen LogP contribution >= 0.6 is 0 Å². The number of nitrogens with one attached hydrogen (secondary N) is 1. The Balaban J connectivity index is 2.46. The average Bonchev–Trinajstić information content (AvgIpc) is 2.78. The zero-order valence-electron chi connectivity index (χ0n) is 9.30. The zero-order chi connectivity index (χ0) is 12.4. The van der Waals surface area contributed by atoms with Gasteiger partial charge in [0, 0.05) is 29.4 Å². The lowest BCUT2D eigenvalue weighted by Crippen LogP contribution is -1.95. The van der Waals surface area contributed by atoms with E-state index in [0.29, 0.717) is 23.4 Å². The predicted molar refractivity (Wildman–Crippen MR) is 63.3 cm³/mol. The van der Waals surface area contributed by atoms with E-state index in [9.17, 15) is 10.1 Å². The number of aromatic amines is 1. The van der Waals surface area contributed by atoms with Crippen LogP contribution in [-0.2, 0) is 6.54 Å². The van der Waals surface area contributed by atoms with Gasteiger partial charge < -0.3 is 5.73 Å². The normalized spacial score (nSPS) is 10.5. The lowest BCUT2D eigenvalue weighted by molar-refractivity contribution is -0.385. The molecule has 0 unspecified atom stereocenters. The number of hydrogen-bond acceptors (Lipinski definition) is 4. The van der Waals surface area contributed by atoms with Gasteiger partial charge in [-0.2, -0.15) is 5.10 Å². The first-order chi connectivity index (χ1) is 8.11. The van der Waals surface area contributed by atoms with E-state index in [-0.39, 0.29) is 5.69 Å². The highest BCUT2D eigenvalue weighted by molar-refractivity contribution is 5.64. The Kier molecular flexibility index (Phi) is 2.88. The van der Waals surface area contributed by atoms with Crippen LogP contribution in [0.2, 0.25) is 0 Å². The summed E-state index contributed by atoms with van der Waals surface area (Å²) in [5.74, 6) is 0. The number of aryl methyl sites for hydroxylation is 1. The maximum Gasteiger partial charge on any atom is 0.272 e. The van der Waals surface area contributed by atoms with Crippen LogP contribution in [0, 0.1) is 17.0 Å². The molecule has 0 amide bonds. The van der Waals surface area contributed by atoms with Gasteiger partial charge in [0.05, 0.1) is 10.6 Å². The standard InChI is InChI=1S/C11H12N4O2/c1-7-2-3-8(4-11(7)15(16)17)10-5-9(6-12)13-14-10/h2-5H,6,12H2,1H3,(H,13,14). The number of nitro benzene ring substituents is 1. The number of aromatic nitrogens is 2. The van der Waals surface area contributed by atoms with Crippen molar-refractivity contribution in [2.45, 2.75) is 13.5 Å². The van der Waals surface area contributed by atoms with E-state index in [1.807, 2.05) is 0 Å². The molecular weight excluding hydrogens is 220 g/mol. The van der Waals surface area contributed by atoms with Crippen molar-refractivity contribution < 1.29 is 4.92 Å². The maximum atomic E-state index is 10.8. The highest BCUT2D eigenvalue weighted by Crippen LogP contribution is 2.25. The van der Waals surface area contributed by atoms with Crippen LogP contribution in [0.3, 0.4) is 0 Å². The fourth-order valence-corrected chi connectivity index (χ4v) is 1.58. The summed E-state index contributed by atoms with van der Waals surface area (Å²) in [6, 6.07) is 6.82. The van der Waals surface area contributed by atoms with Crippen molar-refractivity contribution in [3.63, 3.8) is 0 Å². The first-order valence-electron chi connectivity index (χ1n) is 5.11. The molecule has 1 aromatic carbocycles. The quantitative estimate of drug-likeness (QED) is 0.622. The Morgan fingerprint density at radius 1 is 1.47 bits per heavy atom. The first kappa shape index (κ1) is 11.3. The number of nitrogens with zero attached hydrogens (tertiary/aromatic N) is 2. The van der Waals surface area contributed by atoms with E-state index in [0.717, 1.165) is 5.69 Å². The number of benzene rings is 1. The van der Waals surface area contributed by atoms with Crippen molar-refractivity contribution in [2.24, 2.45) is 5.73 Å². The van der Waals surface area contributed by atoms with Gasteiger partial charge in [-0.1, -0.05) is 12.1 Å². The SMILES string of the molecule is Cc1ccc(-c2cc(CN)[nH]n2)cc1[N+](=O)[O-]. The molecule has 88 valence electrons. The fourth-order valence-electron chi connectivity index (χ4n) is 1.58. The highest BCUT2D eigenvalue weighted by atomic mass is 16.6. The molecule has 0 atom stereocenters. The predicted octanol–water partition coefficient (Wildman–Crippen LogP) is 1.75. The van der Waals surface area contributed by atoms with Crippen LogP contribution in [0.4, 0.5) is 5.69 Å². The van der Waals surface area contributed by atoms with Crippen LogP contribution in [-0.4, -0.2) is 15.1 Å². The number of rotatable bonds is 3. The molecule has 0 saturated carbocycles. The van der Waals surface area contributed by atoms with Crippen molar-refractivity contribution in [3.8, 4) is 11.3 Å². The summed E-state index contributed by atoms with van der Waals surface area (Å²) in [6.45, 7) is 2.07. The summed E-state index contributed by atoms with van der Waals surface area (Å²) < 4.78 is 0. The summed E-state index contributed by atoms with van der Waals surface area (Å²) in [7, 11) is 0. The van der Waals surface area contributed by atoms with Gasteiger partial charge in [-0.15, -0.1) is 0 Å². The average molecular weight is 232 g/mol. The van der Waals surface area contributed by atoms with Gasteiger partial charge in [-0.3, -0.25) is 15.2 Å². The van der Waals surface area contributed by atoms with Crippen LogP contribution in [0.1, 0.15) is 11.3 Å². The van der Waals surface area contributed by atoms with E-state index in [4.69, 9.17) is 5.73 Å². The molecule has 0 saturated heterocycles. The topological polar surface area (TPSA) is 97.8 Å². The molecule has 2 aromatic rings. The van der Waals surface area contributed by atoms with E-state index in [1.54, 1.807) is 25.1 Å². The van der Waals surface area contributed by atoms with E-state index in [1.165, 1.54) is 6.07 Å². The van der Waals surface area contributed by atoms with Crippen LogP contribution in [0.25, 0.3) is 11.3 Å². The summed E-state index contributed by atoms with van der Waals surface area (Å²) >= 11 is 0. The van der Waals surface area contributed by atoms with Gasteiger partial charge in [-0.05, 0) is 13.0 Å². The largest absolute Gasteiger partial charge is 0.325 e. The van der Waals surface area contributed by atoms with E-state index >= 15 is 0 Å². The number of nitro groups is 1. The third-order valence-electron chi connectivity index (χ3n) is 2.55. The summed E-state index contributed by atoms with van der Waals surface area (Å²) in [5, 5.41) is 17.7. The third kappa shape index (κ3) is 2.16. The molecule has 17 heavy (non-hydrogen) atoms. The van der Waals surface area contributed by atoms with Crippen molar-refractivity contribution >= 4 is 5.69 Å². The van der Waals surface area contributed by atoms with Gasteiger partial charge in [0.1, 0.15) is 0 Å². The summed E-state index contributed by atoms with van der Waals surface area (Å²) in [5.41, 5.74) is 8.36. The minimum atomic E-state index is -0.394. The Labute approximate surface area is 97.6 Å². The Morgan fingerprint density at radius 3 is 2.82 bits per heavy atom. The molecule has 0 radical (unpaired) electrons. The van der Waals surface area contributed by atoms with Crippen molar-refractivity contribution in [1.82, 2.24) is 10.2 Å². The molecule has 0 fully saturated rings. The molecular formula is C11H12N4O2. The minimum Gasteiger partial charge on any atom is -0.325 e. The van der Waals surface area contributed by atoms with Crippen LogP contribution < -0.4 is 5.73 Å². The number of hydrogen-bond donors (Lipinski definition) is 2. The molecule has 1 heterocycles. The Bertz CT molecular complexity index is 562. The van der Waals surface area contributed by atoms with Gasteiger partial charge in [0.15, 0.2) is 0 Å². The second kappa shape index (κ2) is 4.34. The van der Waals surface area contributed by atoms with E-state index in [2.05, 4.69) is 10.2 Å². The molecule has 0 aliphatic heterocycles. The number of nitrogens with two attached hydrogens (primary N) is 1. The van der Waals surface area contributed by atoms with Crippen molar-refractivity contribution in [3.05, 3.63) is 45.6 Å². The molecule has 2 rings (SSSR count). The van der Waals surface area contributed by atoms with Crippen molar-refractivity contribution in [2.75, 3.05) is 0 Å². The lowest BCUT2D eigenvalue weighted by atomic mass is 10.1. The molecule has 6 nitrogen and oxygen atoms in total. The van der Waals surface area contributed by atoms with Gasteiger partial charge in [-0.25, -0.2) is 0 Å². The van der Waals surface area contributed by atoms with Gasteiger partial charge in [0.2, 0.25) is 0 Å². The lowest BCUT2D eigenvalue weighted by Gasteiger charge is -1.99. The Hall–Kier alpha value is -2.21. The van der Waals surface area contributed by atoms with Crippen molar-refractivity contribution in [1.29, 1.82) is 0 Å². The van der Waals surface area contributed by atoms with Gasteiger partial charge in [0.25, 0.3) is 5.69 Å². The van der Waals surface area contributed by atoms with Crippen LogP contribution in [0.15, 0.2) is 24.3 Å². The summed E-state index contributed by atoms with van der Waals surface area (Å²) in [6.07, 6.45) is 0. The molecule has 6 heteroatoms. The van der Waals surface area contributed by atoms with Gasteiger partial charge >= 0.3 is 0 Å². The third-order valence-corrected chi connectivity index (χ3v) is 2.55. The highest BCUT2D eigenvalue weighted by Gasteiger charge is 2.13. The smallest absolute Gasteiger partial charge is 0.272 e. The minimum absolute atomic E-state index is 0.0970.